The van der Waals surface area contributed by atoms with Crippen molar-refractivity contribution in [1.82, 2.24) is 9.97 Å². The zero-order chi connectivity index (χ0) is 13.2. The van der Waals surface area contributed by atoms with Crippen molar-refractivity contribution in [3.8, 4) is 0 Å². The molecule has 0 saturated carbocycles. The standard InChI is InChI=1S/C15H14ClN3/c1-10-2-4-13(9-17-10)18-7-11-8-19-15-6-12(16)3-5-14(11)15/h2-6,8-9,18-19H,7H2,1H3. The Labute approximate surface area is 116 Å². The van der Waals surface area contributed by atoms with Crippen LogP contribution >= 0.6 is 11.6 Å². The number of nitrogens with zero attached hydrogens (tertiary/aromatic N) is 1. The topological polar surface area (TPSA) is 40.7 Å². The molecule has 3 nitrogen and oxygen atoms in total. The highest BCUT2D eigenvalue weighted by Gasteiger charge is 2.04. The molecule has 0 bridgehead atoms. The third kappa shape index (κ3) is 2.56. The van der Waals surface area contributed by atoms with Crippen molar-refractivity contribution in [2.24, 2.45) is 0 Å². The summed E-state index contributed by atoms with van der Waals surface area (Å²) in [6, 6.07) is 9.92. The molecule has 0 aliphatic rings. The molecular formula is C15H14ClN3. The van der Waals surface area contributed by atoms with Crippen LogP contribution in [0.1, 0.15) is 11.3 Å². The number of pyridine rings is 1. The Morgan fingerprint density at radius 2 is 2.16 bits per heavy atom. The van der Waals surface area contributed by atoms with E-state index in [1.807, 2.05) is 49.6 Å². The van der Waals surface area contributed by atoms with Crippen LogP contribution in [-0.4, -0.2) is 9.97 Å². The largest absolute Gasteiger partial charge is 0.380 e. The molecule has 19 heavy (non-hydrogen) atoms. The van der Waals surface area contributed by atoms with Crippen molar-refractivity contribution in [2.75, 3.05) is 5.32 Å². The van der Waals surface area contributed by atoms with Gasteiger partial charge in [0.2, 0.25) is 0 Å². The van der Waals surface area contributed by atoms with Gasteiger partial charge in [-0.25, -0.2) is 0 Å². The minimum Gasteiger partial charge on any atom is -0.380 e. The van der Waals surface area contributed by atoms with E-state index in [1.165, 1.54) is 10.9 Å². The molecule has 0 atom stereocenters. The van der Waals surface area contributed by atoms with Crippen LogP contribution in [0.5, 0.6) is 0 Å². The molecule has 0 spiro atoms. The minimum atomic E-state index is 0.747. The monoisotopic (exact) mass is 271 g/mol. The average molecular weight is 272 g/mol. The lowest BCUT2D eigenvalue weighted by atomic mass is 10.2. The van der Waals surface area contributed by atoms with Gasteiger partial charge in [-0.1, -0.05) is 17.7 Å². The summed E-state index contributed by atoms with van der Waals surface area (Å²) in [7, 11) is 0. The van der Waals surface area contributed by atoms with Crippen molar-refractivity contribution in [3.05, 3.63) is 59.0 Å². The summed E-state index contributed by atoms with van der Waals surface area (Å²) >= 11 is 5.97. The van der Waals surface area contributed by atoms with E-state index < -0.39 is 0 Å². The Morgan fingerprint density at radius 3 is 2.95 bits per heavy atom. The summed E-state index contributed by atoms with van der Waals surface area (Å²) in [5, 5.41) is 5.30. The second-order valence-corrected chi connectivity index (χ2v) is 4.98. The van der Waals surface area contributed by atoms with E-state index in [4.69, 9.17) is 11.6 Å². The van der Waals surface area contributed by atoms with E-state index in [9.17, 15) is 0 Å². The molecule has 0 aliphatic carbocycles. The molecular weight excluding hydrogens is 258 g/mol. The van der Waals surface area contributed by atoms with Crippen molar-refractivity contribution >= 4 is 28.2 Å². The Morgan fingerprint density at radius 1 is 1.26 bits per heavy atom. The maximum atomic E-state index is 5.97. The maximum Gasteiger partial charge on any atom is 0.0529 e. The normalized spacial score (nSPS) is 10.8. The molecule has 4 heteroatoms. The van der Waals surface area contributed by atoms with Gasteiger partial charge in [0, 0.05) is 34.4 Å². The van der Waals surface area contributed by atoms with Gasteiger partial charge in [-0.2, -0.15) is 0 Å². The average Bonchev–Trinajstić information content (AvgIpc) is 2.80. The van der Waals surface area contributed by atoms with E-state index in [0.29, 0.717) is 0 Å². The molecule has 0 unspecified atom stereocenters. The molecule has 2 heterocycles. The number of rotatable bonds is 3. The maximum absolute atomic E-state index is 5.97. The van der Waals surface area contributed by atoms with Crippen molar-refractivity contribution in [2.45, 2.75) is 13.5 Å². The SMILES string of the molecule is Cc1ccc(NCc2c[nH]c3cc(Cl)ccc23)cn1. The van der Waals surface area contributed by atoms with Crippen LogP contribution in [-0.2, 0) is 6.54 Å². The number of anilines is 1. The van der Waals surface area contributed by atoms with Gasteiger partial charge in [-0.3, -0.25) is 4.98 Å². The molecule has 0 fully saturated rings. The molecule has 2 aromatic heterocycles. The molecule has 2 N–H and O–H groups in total. The smallest absolute Gasteiger partial charge is 0.0529 e. The number of benzene rings is 1. The second kappa shape index (κ2) is 4.94. The summed E-state index contributed by atoms with van der Waals surface area (Å²) in [6.45, 7) is 2.74. The lowest BCUT2D eigenvalue weighted by Gasteiger charge is -2.05. The van der Waals surface area contributed by atoms with Gasteiger partial charge in [-0.05, 0) is 36.8 Å². The number of nitrogens with one attached hydrogen (secondary N) is 2. The lowest BCUT2D eigenvalue weighted by molar-refractivity contribution is 1.13. The van der Waals surface area contributed by atoms with Gasteiger partial charge in [0.15, 0.2) is 0 Å². The number of aromatic nitrogens is 2. The summed E-state index contributed by atoms with van der Waals surface area (Å²) in [5.74, 6) is 0. The number of hydrogen-bond donors (Lipinski definition) is 2. The van der Waals surface area contributed by atoms with Crippen LogP contribution < -0.4 is 5.32 Å². The van der Waals surface area contributed by atoms with Gasteiger partial charge in [0.05, 0.1) is 11.9 Å². The fourth-order valence-corrected chi connectivity index (χ4v) is 2.25. The summed E-state index contributed by atoms with van der Waals surface area (Å²) < 4.78 is 0. The van der Waals surface area contributed by atoms with E-state index in [2.05, 4.69) is 15.3 Å². The molecule has 3 aromatic rings. The molecule has 0 saturated heterocycles. The lowest BCUT2D eigenvalue weighted by Crippen LogP contribution is -1.99. The number of fused-ring (bicyclic) bond motifs is 1. The highest BCUT2D eigenvalue weighted by molar-refractivity contribution is 6.31. The predicted molar refractivity (Wildman–Crippen MR) is 79.6 cm³/mol. The highest BCUT2D eigenvalue weighted by atomic mass is 35.5. The predicted octanol–water partition coefficient (Wildman–Crippen LogP) is 4.14. The molecule has 0 radical (unpaired) electrons. The van der Waals surface area contributed by atoms with Crippen molar-refractivity contribution in [3.63, 3.8) is 0 Å². The van der Waals surface area contributed by atoms with Crippen LogP contribution in [0.3, 0.4) is 0 Å². The van der Waals surface area contributed by atoms with Crippen molar-refractivity contribution < 1.29 is 0 Å². The van der Waals surface area contributed by atoms with Crippen LogP contribution in [0, 0.1) is 6.92 Å². The van der Waals surface area contributed by atoms with Crippen LogP contribution in [0.4, 0.5) is 5.69 Å². The van der Waals surface area contributed by atoms with Gasteiger partial charge in [-0.15, -0.1) is 0 Å². The van der Waals surface area contributed by atoms with E-state index in [1.54, 1.807) is 0 Å². The van der Waals surface area contributed by atoms with Gasteiger partial charge >= 0.3 is 0 Å². The Hall–Kier alpha value is -2.00. The fourth-order valence-electron chi connectivity index (χ4n) is 2.07. The summed E-state index contributed by atoms with van der Waals surface area (Å²) in [4.78, 5) is 7.50. The summed E-state index contributed by atoms with van der Waals surface area (Å²) in [5.41, 5.74) is 4.32. The molecule has 0 aliphatic heterocycles. The zero-order valence-corrected chi connectivity index (χ0v) is 11.3. The van der Waals surface area contributed by atoms with Crippen molar-refractivity contribution in [1.29, 1.82) is 0 Å². The third-order valence-electron chi connectivity index (χ3n) is 3.12. The van der Waals surface area contributed by atoms with E-state index in [-0.39, 0.29) is 0 Å². The third-order valence-corrected chi connectivity index (χ3v) is 3.36. The first-order valence-corrected chi connectivity index (χ1v) is 6.52. The number of aromatic amines is 1. The second-order valence-electron chi connectivity index (χ2n) is 4.55. The van der Waals surface area contributed by atoms with E-state index >= 15 is 0 Å². The Balaban J connectivity index is 1.80. The number of hydrogen-bond acceptors (Lipinski definition) is 2. The van der Waals surface area contributed by atoms with Crippen LogP contribution in [0.25, 0.3) is 10.9 Å². The number of aryl methyl sites for hydroxylation is 1. The molecule has 96 valence electrons. The molecule has 0 amide bonds. The quantitative estimate of drug-likeness (QED) is 0.752. The Kier molecular flexibility index (Phi) is 3.13. The van der Waals surface area contributed by atoms with E-state index in [0.717, 1.165) is 28.5 Å². The highest BCUT2D eigenvalue weighted by Crippen LogP contribution is 2.22. The van der Waals surface area contributed by atoms with Crippen LogP contribution in [0.15, 0.2) is 42.7 Å². The molecule has 1 aromatic carbocycles. The number of H-pyrrole nitrogens is 1. The first kappa shape index (κ1) is 12.1. The number of halogens is 1. The fraction of sp³-hybridized carbons (Fsp3) is 0.133. The van der Waals surface area contributed by atoms with Gasteiger partial charge in [0.1, 0.15) is 0 Å². The Bertz CT molecular complexity index is 701. The zero-order valence-electron chi connectivity index (χ0n) is 10.6. The van der Waals surface area contributed by atoms with Crippen LogP contribution in [0.2, 0.25) is 5.02 Å². The first-order valence-electron chi connectivity index (χ1n) is 6.14. The minimum absolute atomic E-state index is 0.747. The summed E-state index contributed by atoms with van der Waals surface area (Å²) in [6.07, 6.45) is 3.86. The first-order chi connectivity index (χ1) is 9.22. The van der Waals surface area contributed by atoms with Gasteiger partial charge < -0.3 is 10.3 Å². The molecule has 3 rings (SSSR count). The van der Waals surface area contributed by atoms with Gasteiger partial charge in [0.25, 0.3) is 0 Å².